The standard InChI is InChI=1S/C14H18FN3S/c1-3-6-12-14(19-18-17-12)13(16-4-2)10-7-5-8-11(15)9-10/h5,7-9,13,16H,3-4,6H2,1-2H3. The molecule has 0 saturated carbocycles. The molecular weight excluding hydrogens is 261 g/mol. The molecule has 0 amide bonds. The minimum Gasteiger partial charge on any atom is -0.306 e. The molecule has 102 valence electrons. The number of hydrogen-bond donors (Lipinski definition) is 1. The molecule has 2 rings (SSSR count). The van der Waals surface area contributed by atoms with Gasteiger partial charge in [0.25, 0.3) is 0 Å². The number of nitrogens with one attached hydrogen (secondary N) is 1. The second-order valence-corrected chi connectivity index (χ2v) is 5.17. The zero-order chi connectivity index (χ0) is 13.7. The maximum atomic E-state index is 13.4. The van der Waals surface area contributed by atoms with Gasteiger partial charge in [-0.05, 0) is 42.2 Å². The normalized spacial score (nSPS) is 12.6. The molecule has 3 nitrogen and oxygen atoms in total. The van der Waals surface area contributed by atoms with Crippen molar-refractivity contribution in [3.63, 3.8) is 0 Å². The fourth-order valence-corrected chi connectivity index (χ4v) is 2.90. The van der Waals surface area contributed by atoms with E-state index in [9.17, 15) is 4.39 Å². The number of rotatable bonds is 6. The van der Waals surface area contributed by atoms with Crippen LogP contribution in [0, 0.1) is 5.82 Å². The maximum Gasteiger partial charge on any atom is 0.123 e. The van der Waals surface area contributed by atoms with Gasteiger partial charge in [-0.15, -0.1) is 5.10 Å². The topological polar surface area (TPSA) is 37.8 Å². The predicted octanol–water partition coefficient (Wildman–Crippen LogP) is 3.33. The molecule has 19 heavy (non-hydrogen) atoms. The van der Waals surface area contributed by atoms with Crippen molar-refractivity contribution in [2.24, 2.45) is 0 Å². The maximum absolute atomic E-state index is 13.4. The van der Waals surface area contributed by atoms with Gasteiger partial charge in [-0.25, -0.2) is 4.39 Å². The van der Waals surface area contributed by atoms with Crippen molar-refractivity contribution in [2.45, 2.75) is 32.7 Å². The number of aryl methyl sites for hydroxylation is 1. The van der Waals surface area contributed by atoms with E-state index in [1.807, 2.05) is 13.0 Å². The van der Waals surface area contributed by atoms with Crippen LogP contribution in [0.5, 0.6) is 0 Å². The fraction of sp³-hybridized carbons (Fsp3) is 0.429. The molecule has 1 N–H and O–H groups in total. The summed E-state index contributed by atoms with van der Waals surface area (Å²) in [5.74, 6) is -0.213. The van der Waals surface area contributed by atoms with Crippen LogP contribution < -0.4 is 5.32 Å². The lowest BCUT2D eigenvalue weighted by Crippen LogP contribution is -2.22. The zero-order valence-electron chi connectivity index (χ0n) is 11.2. The Labute approximate surface area is 117 Å². The van der Waals surface area contributed by atoms with Crippen molar-refractivity contribution in [3.05, 3.63) is 46.2 Å². The highest BCUT2D eigenvalue weighted by Crippen LogP contribution is 2.28. The third kappa shape index (κ3) is 3.36. The predicted molar refractivity (Wildman–Crippen MR) is 75.8 cm³/mol. The molecule has 1 heterocycles. The molecule has 0 bridgehead atoms. The Bertz CT molecular complexity index is 527. The fourth-order valence-electron chi connectivity index (χ4n) is 2.10. The van der Waals surface area contributed by atoms with E-state index in [4.69, 9.17) is 0 Å². The van der Waals surface area contributed by atoms with E-state index in [2.05, 4.69) is 21.8 Å². The van der Waals surface area contributed by atoms with Crippen molar-refractivity contribution in [3.8, 4) is 0 Å². The van der Waals surface area contributed by atoms with Crippen LogP contribution in [-0.4, -0.2) is 16.1 Å². The number of nitrogens with zero attached hydrogens (tertiary/aromatic N) is 2. The molecule has 0 aliphatic rings. The Hall–Kier alpha value is -1.33. The molecule has 0 aliphatic heterocycles. The molecule has 0 aliphatic carbocycles. The van der Waals surface area contributed by atoms with Gasteiger partial charge >= 0.3 is 0 Å². The highest BCUT2D eigenvalue weighted by molar-refractivity contribution is 7.05. The molecule has 5 heteroatoms. The number of hydrogen-bond acceptors (Lipinski definition) is 4. The minimum absolute atomic E-state index is 0.0257. The Morgan fingerprint density at radius 3 is 2.89 bits per heavy atom. The van der Waals surface area contributed by atoms with Crippen LogP contribution in [0.4, 0.5) is 4.39 Å². The summed E-state index contributed by atoms with van der Waals surface area (Å²) in [6.07, 6.45) is 1.93. The minimum atomic E-state index is -0.213. The lowest BCUT2D eigenvalue weighted by Gasteiger charge is -2.17. The van der Waals surface area contributed by atoms with E-state index in [0.717, 1.165) is 35.5 Å². The molecule has 0 radical (unpaired) electrons. The molecular formula is C14H18FN3S. The summed E-state index contributed by atoms with van der Waals surface area (Å²) in [7, 11) is 0. The van der Waals surface area contributed by atoms with E-state index in [0.29, 0.717) is 0 Å². The SMILES string of the molecule is CCCc1nnsc1C(NCC)c1cccc(F)c1. The highest BCUT2D eigenvalue weighted by atomic mass is 32.1. The van der Waals surface area contributed by atoms with Crippen LogP contribution in [0.1, 0.15) is 42.4 Å². The first-order chi connectivity index (χ1) is 9.26. The van der Waals surface area contributed by atoms with Gasteiger partial charge in [0.1, 0.15) is 5.82 Å². The molecule has 0 saturated heterocycles. The van der Waals surface area contributed by atoms with Crippen LogP contribution in [0.25, 0.3) is 0 Å². The van der Waals surface area contributed by atoms with Crippen LogP contribution in [0.2, 0.25) is 0 Å². The molecule has 0 fully saturated rings. The van der Waals surface area contributed by atoms with Gasteiger partial charge in [-0.1, -0.05) is 36.9 Å². The quantitative estimate of drug-likeness (QED) is 0.881. The summed E-state index contributed by atoms with van der Waals surface area (Å²) in [4.78, 5) is 1.09. The number of aromatic nitrogens is 2. The largest absolute Gasteiger partial charge is 0.306 e. The zero-order valence-corrected chi connectivity index (χ0v) is 12.0. The summed E-state index contributed by atoms with van der Waals surface area (Å²) in [6.45, 7) is 4.97. The molecule has 1 atom stereocenters. The Kier molecular flexibility index (Phi) is 4.99. The van der Waals surface area contributed by atoms with Crippen molar-refractivity contribution in [1.82, 2.24) is 14.9 Å². The molecule has 1 aromatic carbocycles. The van der Waals surface area contributed by atoms with Gasteiger partial charge in [0, 0.05) is 0 Å². The first-order valence-corrected chi connectivity index (χ1v) is 7.33. The van der Waals surface area contributed by atoms with Gasteiger partial charge in [0.2, 0.25) is 0 Å². The monoisotopic (exact) mass is 279 g/mol. The van der Waals surface area contributed by atoms with Gasteiger partial charge in [0.15, 0.2) is 0 Å². The third-order valence-corrected chi connectivity index (χ3v) is 3.76. The van der Waals surface area contributed by atoms with E-state index in [-0.39, 0.29) is 11.9 Å². The lowest BCUT2D eigenvalue weighted by molar-refractivity contribution is 0.603. The summed E-state index contributed by atoms with van der Waals surface area (Å²) in [5.41, 5.74) is 1.94. The van der Waals surface area contributed by atoms with Crippen molar-refractivity contribution < 1.29 is 4.39 Å². The molecule has 1 aromatic heterocycles. The van der Waals surface area contributed by atoms with E-state index in [1.165, 1.54) is 17.6 Å². The van der Waals surface area contributed by atoms with Crippen LogP contribution in [-0.2, 0) is 6.42 Å². The average Bonchev–Trinajstić information content (AvgIpc) is 2.84. The highest BCUT2D eigenvalue weighted by Gasteiger charge is 2.20. The second kappa shape index (κ2) is 6.73. The molecule has 0 spiro atoms. The molecule has 1 unspecified atom stereocenters. The van der Waals surface area contributed by atoms with E-state index >= 15 is 0 Å². The first-order valence-electron chi connectivity index (χ1n) is 6.56. The summed E-state index contributed by atoms with van der Waals surface area (Å²) in [6, 6.07) is 6.68. The average molecular weight is 279 g/mol. The Morgan fingerprint density at radius 2 is 2.21 bits per heavy atom. The number of halogens is 1. The summed E-state index contributed by atoms with van der Waals surface area (Å²) >= 11 is 1.39. The van der Waals surface area contributed by atoms with Gasteiger partial charge in [0.05, 0.1) is 16.6 Å². The number of benzene rings is 1. The van der Waals surface area contributed by atoms with Crippen LogP contribution in [0.3, 0.4) is 0 Å². The second-order valence-electron chi connectivity index (χ2n) is 4.38. The van der Waals surface area contributed by atoms with E-state index < -0.39 is 0 Å². The van der Waals surface area contributed by atoms with Crippen molar-refractivity contribution in [2.75, 3.05) is 6.54 Å². The van der Waals surface area contributed by atoms with E-state index in [1.54, 1.807) is 12.1 Å². The van der Waals surface area contributed by atoms with Gasteiger partial charge < -0.3 is 5.32 Å². The van der Waals surface area contributed by atoms with Crippen LogP contribution >= 0.6 is 11.5 Å². The third-order valence-electron chi connectivity index (χ3n) is 2.92. The summed E-state index contributed by atoms with van der Waals surface area (Å²) < 4.78 is 17.5. The Balaban J connectivity index is 2.36. The van der Waals surface area contributed by atoms with Crippen molar-refractivity contribution >= 4 is 11.5 Å². The van der Waals surface area contributed by atoms with Crippen molar-refractivity contribution in [1.29, 1.82) is 0 Å². The first kappa shape index (κ1) is 14.1. The Morgan fingerprint density at radius 1 is 1.37 bits per heavy atom. The van der Waals surface area contributed by atoms with Crippen LogP contribution in [0.15, 0.2) is 24.3 Å². The van der Waals surface area contributed by atoms with Gasteiger partial charge in [-0.3, -0.25) is 0 Å². The smallest absolute Gasteiger partial charge is 0.123 e. The lowest BCUT2D eigenvalue weighted by atomic mass is 10.0. The summed E-state index contributed by atoms with van der Waals surface area (Å²) in [5, 5.41) is 7.58. The van der Waals surface area contributed by atoms with Gasteiger partial charge in [-0.2, -0.15) is 0 Å². The molecule has 2 aromatic rings.